The summed E-state index contributed by atoms with van der Waals surface area (Å²) in [5.41, 5.74) is -0.249. The summed E-state index contributed by atoms with van der Waals surface area (Å²) in [4.78, 5) is 22.2. The van der Waals surface area contributed by atoms with Crippen molar-refractivity contribution in [3.05, 3.63) is 12.2 Å². The lowest BCUT2D eigenvalue weighted by Gasteiger charge is -2.05. The lowest BCUT2D eigenvalue weighted by atomic mass is 10.3. The summed E-state index contributed by atoms with van der Waals surface area (Å²) in [5, 5.41) is 0. The minimum Gasteiger partial charge on any atom is -0.462 e. The van der Waals surface area contributed by atoms with Crippen molar-refractivity contribution in [2.24, 2.45) is 0 Å². The van der Waals surface area contributed by atoms with Gasteiger partial charge in [-0.25, -0.2) is 9.59 Å². The zero-order valence-corrected chi connectivity index (χ0v) is 9.89. The first-order valence-electron chi connectivity index (χ1n) is 4.65. The molecule has 0 fully saturated rings. The fourth-order valence-electron chi connectivity index (χ4n) is 0.757. The van der Waals surface area contributed by atoms with E-state index < -0.39 is 11.9 Å². The third-order valence-electron chi connectivity index (χ3n) is 1.49. The van der Waals surface area contributed by atoms with Crippen molar-refractivity contribution in [1.29, 1.82) is 0 Å². The van der Waals surface area contributed by atoms with Crippen LogP contribution in [0.4, 0.5) is 0 Å². The zero-order valence-electron chi connectivity index (χ0n) is 9.08. The van der Waals surface area contributed by atoms with Crippen LogP contribution in [0, 0.1) is 0 Å². The van der Waals surface area contributed by atoms with Gasteiger partial charge in [-0.05, 0) is 25.4 Å². The zero-order chi connectivity index (χ0) is 11.7. The lowest BCUT2D eigenvalue weighted by molar-refractivity contribution is -0.146. The summed E-state index contributed by atoms with van der Waals surface area (Å²) in [6.07, 6.45) is 2.74. The van der Waals surface area contributed by atoms with Crippen molar-refractivity contribution in [3.63, 3.8) is 0 Å². The van der Waals surface area contributed by atoms with E-state index in [4.69, 9.17) is 4.74 Å². The molecule has 0 saturated heterocycles. The Labute approximate surface area is 94.0 Å². The van der Waals surface area contributed by atoms with Crippen LogP contribution >= 0.6 is 11.8 Å². The van der Waals surface area contributed by atoms with Gasteiger partial charge >= 0.3 is 11.9 Å². The minimum absolute atomic E-state index is 0.220. The van der Waals surface area contributed by atoms with E-state index in [1.54, 1.807) is 18.7 Å². The number of carbonyl (C=O) groups is 2. The maximum Gasteiger partial charge on any atom is 0.344 e. The van der Waals surface area contributed by atoms with Gasteiger partial charge < -0.3 is 9.47 Å². The molecule has 0 bridgehead atoms. The number of hydrogen-bond acceptors (Lipinski definition) is 5. The van der Waals surface area contributed by atoms with Crippen LogP contribution in [0.25, 0.3) is 0 Å². The van der Waals surface area contributed by atoms with E-state index in [9.17, 15) is 9.59 Å². The molecule has 0 aromatic rings. The average molecular weight is 232 g/mol. The van der Waals surface area contributed by atoms with E-state index >= 15 is 0 Å². The van der Waals surface area contributed by atoms with Crippen molar-refractivity contribution in [3.8, 4) is 0 Å². The van der Waals surface area contributed by atoms with Crippen molar-refractivity contribution >= 4 is 23.7 Å². The molecule has 0 unspecified atom stereocenters. The molecule has 15 heavy (non-hydrogen) atoms. The molecule has 0 aromatic heterocycles. The van der Waals surface area contributed by atoms with Crippen molar-refractivity contribution in [1.82, 2.24) is 0 Å². The molecule has 0 aliphatic rings. The van der Waals surface area contributed by atoms with E-state index in [2.05, 4.69) is 11.3 Å². The number of ether oxygens (including phenoxy) is 2. The molecule has 0 aromatic carbocycles. The molecule has 0 heterocycles. The molecule has 0 radical (unpaired) electrons. The fourth-order valence-corrected chi connectivity index (χ4v) is 1.16. The van der Waals surface area contributed by atoms with Crippen LogP contribution in [0.1, 0.15) is 13.3 Å². The van der Waals surface area contributed by atoms with Gasteiger partial charge in [-0.1, -0.05) is 6.58 Å². The average Bonchev–Trinajstić information content (AvgIpc) is 2.23. The van der Waals surface area contributed by atoms with Gasteiger partial charge in [0.2, 0.25) is 0 Å². The Morgan fingerprint density at radius 3 is 2.40 bits per heavy atom. The van der Waals surface area contributed by atoms with Gasteiger partial charge in [0.25, 0.3) is 0 Å². The SMILES string of the molecule is C=C(C(=O)OCC)C(=O)OCCCSC. The Bertz CT molecular complexity index is 238. The summed E-state index contributed by atoms with van der Waals surface area (Å²) >= 11 is 1.67. The third-order valence-corrected chi connectivity index (χ3v) is 2.19. The van der Waals surface area contributed by atoms with Crippen molar-refractivity contribution < 1.29 is 19.1 Å². The topological polar surface area (TPSA) is 52.6 Å². The first-order valence-corrected chi connectivity index (χ1v) is 6.05. The van der Waals surface area contributed by atoms with E-state index in [-0.39, 0.29) is 12.2 Å². The highest BCUT2D eigenvalue weighted by atomic mass is 32.2. The normalized spacial score (nSPS) is 9.47. The smallest absolute Gasteiger partial charge is 0.344 e. The Hall–Kier alpha value is -0.970. The van der Waals surface area contributed by atoms with Crippen LogP contribution in [-0.2, 0) is 19.1 Å². The van der Waals surface area contributed by atoms with Gasteiger partial charge in [0.05, 0.1) is 13.2 Å². The Morgan fingerprint density at radius 1 is 1.27 bits per heavy atom. The first kappa shape index (κ1) is 14.0. The molecule has 86 valence electrons. The monoisotopic (exact) mass is 232 g/mol. The van der Waals surface area contributed by atoms with Gasteiger partial charge in [-0.3, -0.25) is 0 Å². The second-order valence-electron chi connectivity index (χ2n) is 2.68. The predicted octanol–water partition coefficient (Wildman–Crippen LogP) is 1.40. The molecule has 0 rings (SSSR count). The minimum atomic E-state index is -0.715. The van der Waals surface area contributed by atoms with E-state index in [0.717, 1.165) is 12.2 Å². The van der Waals surface area contributed by atoms with Gasteiger partial charge in [0.15, 0.2) is 0 Å². The highest BCUT2D eigenvalue weighted by Gasteiger charge is 2.17. The van der Waals surface area contributed by atoms with Gasteiger partial charge in [-0.15, -0.1) is 0 Å². The van der Waals surface area contributed by atoms with E-state index in [1.165, 1.54) is 0 Å². The largest absolute Gasteiger partial charge is 0.462 e. The molecular weight excluding hydrogens is 216 g/mol. The number of carbonyl (C=O) groups excluding carboxylic acids is 2. The van der Waals surface area contributed by atoms with Crippen LogP contribution < -0.4 is 0 Å². The van der Waals surface area contributed by atoms with Crippen LogP contribution in [0.15, 0.2) is 12.2 Å². The highest BCUT2D eigenvalue weighted by Crippen LogP contribution is 2.01. The lowest BCUT2D eigenvalue weighted by Crippen LogP contribution is -2.17. The number of thioether (sulfide) groups is 1. The molecule has 0 amide bonds. The predicted molar refractivity (Wildman–Crippen MR) is 59.7 cm³/mol. The maximum atomic E-state index is 11.2. The first-order chi connectivity index (χ1) is 7.13. The van der Waals surface area contributed by atoms with Crippen LogP contribution in [0.3, 0.4) is 0 Å². The number of hydrogen-bond donors (Lipinski definition) is 0. The number of rotatable bonds is 7. The standard InChI is InChI=1S/C10H16O4S/c1-4-13-9(11)8(2)10(12)14-6-5-7-15-3/h2,4-7H2,1,3H3. The Kier molecular flexibility index (Phi) is 7.81. The molecule has 5 heteroatoms. The van der Waals surface area contributed by atoms with Crippen LogP contribution in [0.2, 0.25) is 0 Å². The second kappa shape index (κ2) is 8.35. The molecule has 0 aliphatic heterocycles. The molecule has 0 atom stereocenters. The van der Waals surface area contributed by atoms with Crippen LogP contribution in [0.5, 0.6) is 0 Å². The van der Waals surface area contributed by atoms with Gasteiger partial charge in [0, 0.05) is 0 Å². The maximum absolute atomic E-state index is 11.2. The van der Waals surface area contributed by atoms with Crippen molar-refractivity contribution in [2.45, 2.75) is 13.3 Å². The molecular formula is C10H16O4S. The molecule has 0 spiro atoms. The second-order valence-corrected chi connectivity index (χ2v) is 3.67. The summed E-state index contributed by atoms with van der Waals surface area (Å²) in [6, 6.07) is 0. The van der Waals surface area contributed by atoms with Crippen LogP contribution in [-0.4, -0.2) is 37.2 Å². The molecule has 0 aliphatic carbocycles. The number of esters is 2. The quantitative estimate of drug-likeness (QED) is 0.218. The molecule has 0 N–H and O–H groups in total. The highest BCUT2D eigenvalue weighted by molar-refractivity contribution is 7.98. The molecule has 0 saturated carbocycles. The van der Waals surface area contributed by atoms with Gasteiger partial charge in [-0.2, -0.15) is 11.8 Å². The Balaban J connectivity index is 3.79. The van der Waals surface area contributed by atoms with Gasteiger partial charge in [0.1, 0.15) is 5.57 Å². The summed E-state index contributed by atoms with van der Waals surface area (Å²) in [6.45, 7) is 5.50. The van der Waals surface area contributed by atoms with E-state index in [0.29, 0.717) is 6.61 Å². The summed E-state index contributed by atoms with van der Waals surface area (Å²) in [7, 11) is 0. The summed E-state index contributed by atoms with van der Waals surface area (Å²) in [5.74, 6) is -0.499. The molecule has 4 nitrogen and oxygen atoms in total. The third kappa shape index (κ3) is 6.17. The fraction of sp³-hybridized carbons (Fsp3) is 0.600. The van der Waals surface area contributed by atoms with E-state index in [1.807, 2.05) is 6.26 Å². The summed E-state index contributed by atoms with van der Waals surface area (Å²) < 4.78 is 9.43. The van der Waals surface area contributed by atoms with Crippen molar-refractivity contribution in [2.75, 3.05) is 25.2 Å². The Morgan fingerprint density at radius 2 is 1.87 bits per heavy atom.